The second-order valence-corrected chi connectivity index (χ2v) is 10.2. The molecule has 0 radical (unpaired) electrons. The molecule has 26 heavy (non-hydrogen) atoms. The lowest BCUT2D eigenvalue weighted by atomic mass is 9.87. The van der Waals surface area contributed by atoms with Crippen LogP contribution in [0.2, 0.25) is 0 Å². The average Bonchev–Trinajstić information content (AvgIpc) is 3.08. The predicted molar refractivity (Wildman–Crippen MR) is 102 cm³/mol. The first kappa shape index (κ1) is 18.6. The molecule has 7 heteroatoms. The topological polar surface area (TPSA) is 81.1 Å². The first-order valence-corrected chi connectivity index (χ1v) is 10.6. The molecule has 0 bridgehead atoms. The first-order valence-electron chi connectivity index (χ1n) is 8.74. The number of aromatic nitrogens is 2. The molecule has 0 aliphatic carbocycles. The van der Waals surface area contributed by atoms with E-state index in [9.17, 15) is 13.2 Å². The third-order valence-corrected chi connectivity index (χ3v) is 6.42. The second-order valence-electron chi connectivity index (χ2n) is 7.95. The molecule has 1 atom stereocenters. The van der Waals surface area contributed by atoms with Crippen LogP contribution in [-0.2, 0) is 15.3 Å². The number of carbonyl (C=O) groups is 1. The molecule has 3 rings (SSSR count). The Kier molecular flexibility index (Phi) is 4.69. The van der Waals surface area contributed by atoms with E-state index in [1.165, 1.54) is 0 Å². The summed E-state index contributed by atoms with van der Waals surface area (Å²) in [6.07, 6.45) is 0.520. The van der Waals surface area contributed by atoms with Gasteiger partial charge in [-0.05, 0) is 36.5 Å². The SMILES string of the molecule is Cc1cc(NC(=O)c2ccc(C(C)(C)C)cc2)n(C2CCS(=O)(=O)C2)n1. The zero-order valence-corrected chi connectivity index (χ0v) is 16.4. The maximum Gasteiger partial charge on any atom is 0.256 e. The lowest BCUT2D eigenvalue weighted by Crippen LogP contribution is -2.20. The number of amides is 1. The van der Waals surface area contributed by atoms with E-state index in [1.807, 2.05) is 31.2 Å². The van der Waals surface area contributed by atoms with Crippen LogP contribution < -0.4 is 5.32 Å². The van der Waals surface area contributed by atoms with Crippen molar-refractivity contribution in [1.29, 1.82) is 0 Å². The minimum atomic E-state index is -3.02. The summed E-state index contributed by atoms with van der Waals surface area (Å²) < 4.78 is 25.2. The summed E-state index contributed by atoms with van der Waals surface area (Å²) in [6.45, 7) is 8.20. The van der Waals surface area contributed by atoms with Crippen molar-refractivity contribution in [2.45, 2.75) is 45.6 Å². The number of nitrogens with one attached hydrogen (secondary N) is 1. The summed E-state index contributed by atoms with van der Waals surface area (Å²) in [5.74, 6) is 0.539. The number of rotatable bonds is 3. The van der Waals surface area contributed by atoms with E-state index in [1.54, 1.807) is 10.7 Å². The van der Waals surface area contributed by atoms with Crippen molar-refractivity contribution >= 4 is 21.6 Å². The molecular formula is C19H25N3O3S. The van der Waals surface area contributed by atoms with Crippen LogP contribution in [0, 0.1) is 6.92 Å². The molecule has 1 aromatic heterocycles. The summed E-state index contributed by atoms with van der Waals surface area (Å²) in [4.78, 5) is 12.6. The van der Waals surface area contributed by atoms with Crippen LogP contribution in [0.5, 0.6) is 0 Å². The van der Waals surface area contributed by atoms with Gasteiger partial charge in [0.15, 0.2) is 9.84 Å². The Morgan fingerprint density at radius 1 is 1.23 bits per heavy atom. The van der Waals surface area contributed by atoms with Crippen molar-refractivity contribution in [2.24, 2.45) is 0 Å². The van der Waals surface area contributed by atoms with Crippen molar-refractivity contribution in [2.75, 3.05) is 16.8 Å². The molecule has 1 aliphatic rings. The van der Waals surface area contributed by atoms with Gasteiger partial charge in [-0.15, -0.1) is 0 Å². The number of aryl methyl sites for hydroxylation is 1. The highest BCUT2D eigenvalue weighted by molar-refractivity contribution is 7.91. The maximum absolute atomic E-state index is 12.6. The number of anilines is 1. The number of hydrogen-bond donors (Lipinski definition) is 1. The Hall–Kier alpha value is -2.15. The number of nitrogens with zero attached hydrogens (tertiary/aromatic N) is 2. The van der Waals surface area contributed by atoms with Crippen molar-refractivity contribution in [3.05, 3.63) is 47.2 Å². The molecule has 1 unspecified atom stereocenters. The average molecular weight is 375 g/mol. The van der Waals surface area contributed by atoms with Gasteiger partial charge in [-0.25, -0.2) is 13.1 Å². The predicted octanol–water partition coefficient (Wildman–Crippen LogP) is 3.10. The Bertz CT molecular complexity index is 922. The number of carbonyl (C=O) groups excluding carboxylic acids is 1. The zero-order chi connectivity index (χ0) is 19.1. The van der Waals surface area contributed by atoms with Crippen molar-refractivity contribution in [3.63, 3.8) is 0 Å². The van der Waals surface area contributed by atoms with Crippen molar-refractivity contribution in [1.82, 2.24) is 9.78 Å². The molecule has 0 spiro atoms. The quantitative estimate of drug-likeness (QED) is 0.894. The monoisotopic (exact) mass is 375 g/mol. The highest BCUT2D eigenvalue weighted by Crippen LogP contribution is 2.27. The summed E-state index contributed by atoms with van der Waals surface area (Å²) in [5.41, 5.74) is 2.49. The molecule has 2 heterocycles. The van der Waals surface area contributed by atoms with Gasteiger partial charge in [-0.3, -0.25) is 4.79 Å². The van der Waals surface area contributed by atoms with E-state index < -0.39 is 9.84 Å². The zero-order valence-electron chi connectivity index (χ0n) is 15.6. The number of benzene rings is 1. The molecule has 1 aromatic carbocycles. The Morgan fingerprint density at radius 3 is 2.42 bits per heavy atom. The highest BCUT2D eigenvalue weighted by atomic mass is 32.2. The van der Waals surface area contributed by atoms with Crippen LogP contribution in [0.15, 0.2) is 30.3 Å². The molecule has 1 fully saturated rings. The smallest absolute Gasteiger partial charge is 0.256 e. The van der Waals surface area contributed by atoms with Gasteiger partial charge >= 0.3 is 0 Å². The highest BCUT2D eigenvalue weighted by Gasteiger charge is 2.31. The molecule has 2 aromatic rings. The molecule has 1 N–H and O–H groups in total. The van der Waals surface area contributed by atoms with Crippen LogP contribution >= 0.6 is 0 Å². The fourth-order valence-electron chi connectivity index (χ4n) is 3.17. The summed E-state index contributed by atoms with van der Waals surface area (Å²) in [7, 11) is -3.02. The molecule has 140 valence electrons. The van der Waals surface area contributed by atoms with Gasteiger partial charge in [0, 0.05) is 11.6 Å². The Balaban J connectivity index is 1.80. The largest absolute Gasteiger partial charge is 0.307 e. The van der Waals surface area contributed by atoms with Gasteiger partial charge in [0.2, 0.25) is 0 Å². The van der Waals surface area contributed by atoms with E-state index >= 15 is 0 Å². The van der Waals surface area contributed by atoms with Crippen LogP contribution in [0.25, 0.3) is 0 Å². The van der Waals surface area contributed by atoms with Crippen LogP contribution in [-0.4, -0.2) is 35.6 Å². The maximum atomic E-state index is 12.6. The van der Waals surface area contributed by atoms with E-state index in [2.05, 4.69) is 31.2 Å². The third kappa shape index (κ3) is 3.98. The Morgan fingerprint density at radius 2 is 1.88 bits per heavy atom. The standard InChI is InChI=1S/C19H25N3O3S/c1-13-11-17(22(21-13)16-9-10-26(24,25)12-16)20-18(23)14-5-7-15(8-6-14)19(2,3)4/h5-8,11,16H,9-10,12H2,1-4H3,(H,20,23). The van der Waals surface area contributed by atoms with Gasteiger partial charge < -0.3 is 5.32 Å². The summed E-state index contributed by atoms with van der Waals surface area (Å²) >= 11 is 0. The second kappa shape index (κ2) is 6.54. The molecule has 0 saturated carbocycles. The van der Waals surface area contributed by atoms with E-state index in [4.69, 9.17) is 0 Å². The van der Waals surface area contributed by atoms with Gasteiger partial charge in [0.1, 0.15) is 5.82 Å². The van der Waals surface area contributed by atoms with E-state index in [0.717, 1.165) is 11.3 Å². The van der Waals surface area contributed by atoms with Gasteiger partial charge in [-0.1, -0.05) is 32.9 Å². The third-order valence-electron chi connectivity index (χ3n) is 4.67. The molecule has 6 nitrogen and oxygen atoms in total. The van der Waals surface area contributed by atoms with E-state index in [0.29, 0.717) is 17.8 Å². The van der Waals surface area contributed by atoms with Gasteiger partial charge in [0.05, 0.1) is 23.2 Å². The fraction of sp³-hybridized carbons (Fsp3) is 0.474. The normalized spacial score (nSPS) is 19.5. The molecular weight excluding hydrogens is 350 g/mol. The number of hydrogen-bond acceptors (Lipinski definition) is 4. The molecule has 1 saturated heterocycles. The van der Waals surface area contributed by atoms with Gasteiger partial charge in [0.25, 0.3) is 5.91 Å². The minimum Gasteiger partial charge on any atom is -0.307 e. The van der Waals surface area contributed by atoms with Crippen molar-refractivity contribution in [3.8, 4) is 0 Å². The van der Waals surface area contributed by atoms with Crippen LogP contribution in [0.1, 0.15) is 54.8 Å². The lowest BCUT2D eigenvalue weighted by molar-refractivity contribution is 0.102. The lowest BCUT2D eigenvalue weighted by Gasteiger charge is -2.19. The van der Waals surface area contributed by atoms with Crippen LogP contribution in [0.4, 0.5) is 5.82 Å². The molecule has 1 aliphatic heterocycles. The number of sulfone groups is 1. The van der Waals surface area contributed by atoms with Crippen molar-refractivity contribution < 1.29 is 13.2 Å². The van der Waals surface area contributed by atoms with Gasteiger partial charge in [-0.2, -0.15) is 5.10 Å². The van der Waals surface area contributed by atoms with Crippen LogP contribution in [0.3, 0.4) is 0 Å². The summed E-state index contributed by atoms with van der Waals surface area (Å²) in [6, 6.07) is 9.08. The minimum absolute atomic E-state index is 0.0265. The Labute approximate surface area is 154 Å². The molecule has 1 amide bonds. The fourth-order valence-corrected chi connectivity index (χ4v) is 4.86. The van der Waals surface area contributed by atoms with E-state index in [-0.39, 0.29) is 28.9 Å². The first-order chi connectivity index (χ1) is 12.0. The summed E-state index contributed by atoms with van der Waals surface area (Å²) in [5, 5.41) is 7.27.